The number of halogens is 2. The molecule has 8 nitrogen and oxygen atoms in total. The van der Waals surface area contributed by atoms with Crippen LogP contribution in [0.3, 0.4) is 0 Å². The van der Waals surface area contributed by atoms with Crippen molar-refractivity contribution < 1.29 is 13.2 Å². The van der Waals surface area contributed by atoms with Crippen molar-refractivity contribution >= 4 is 62.0 Å². The van der Waals surface area contributed by atoms with Crippen molar-refractivity contribution in [3.8, 4) is 0 Å². The van der Waals surface area contributed by atoms with E-state index in [0.29, 0.717) is 30.4 Å². The molecule has 0 aliphatic carbocycles. The average molecular weight is 492 g/mol. The molecule has 11 heteroatoms. The summed E-state index contributed by atoms with van der Waals surface area (Å²) in [6.07, 6.45) is 3.19. The topological polar surface area (TPSA) is 104 Å². The van der Waals surface area contributed by atoms with E-state index in [-0.39, 0.29) is 27.1 Å². The number of sulfone groups is 1. The van der Waals surface area contributed by atoms with Crippen molar-refractivity contribution in [2.24, 2.45) is 0 Å². The van der Waals surface area contributed by atoms with E-state index in [9.17, 15) is 13.2 Å². The summed E-state index contributed by atoms with van der Waals surface area (Å²) in [5.74, 6) is 0.853. The van der Waals surface area contributed by atoms with Crippen LogP contribution in [0.2, 0.25) is 10.0 Å². The lowest BCUT2D eigenvalue weighted by Crippen LogP contribution is -2.40. The molecule has 1 saturated heterocycles. The monoisotopic (exact) mass is 491 g/mol. The quantitative estimate of drug-likeness (QED) is 0.555. The molecule has 3 heterocycles. The number of hydrogen-bond donors (Lipinski definition) is 2. The minimum absolute atomic E-state index is 0.136. The van der Waals surface area contributed by atoms with Gasteiger partial charge in [-0.3, -0.25) is 4.79 Å². The fourth-order valence-electron chi connectivity index (χ4n) is 3.27. The zero-order chi connectivity index (χ0) is 22.7. The Labute approximate surface area is 195 Å². The molecule has 1 aliphatic heterocycles. The first-order valence-corrected chi connectivity index (χ1v) is 12.3. The Bertz CT molecular complexity index is 1240. The lowest BCUT2D eigenvalue weighted by molar-refractivity contribution is 0.102. The second-order valence-electron chi connectivity index (χ2n) is 7.14. The number of carbonyl (C=O) groups excluding carboxylic acids is 1. The number of nitrogens with one attached hydrogen (secondary N) is 2. The molecule has 0 saturated carbocycles. The van der Waals surface area contributed by atoms with E-state index in [2.05, 4.69) is 20.6 Å². The highest BCUT2D eigenvalue weighted by Crippen LogP contribution is 2.26. The Morgan fingerprint density at radius 2 is 1.56 bits per heavy atom. The number of rotatable bonds is 5. The van der Waals surface area contributed by atoms with Crippen molar-refractivity contribution in [1.82, 2.24) is 9.97 Å². The Morgan fingerprint density at radius 1 is 0.938 bits per heavy atom. The largest absolute Gasteiger partial charge is 0.369 e. The van der Waals surface area contributed by atoms with Crippen LogP contribution in [0.1, 0.15) is 10.4 Å². The number of amides is 1. The number of nitrogens with zero attached hydrogens (tertiary/aromatic N) is 3. The van der Waals surface area contributed by atoms with Gasteiger partial charge in [0.15, 0.2) is 9.84 Å². The third kappa shape index (κ3) is 5.29. The first-order valence-electron chi connectivity index (χ1n) is 9.71. The second-order valence-corrected chi connectivity index (χ2v) is 10.3. The average Bonchev–Trinajstić information content (AvgIpc) is 2.74. The van der Waals surface area contributed by atoms with Crippen LogP contribution >= 0.6 is 23.2 Å². The van der Waals surface area contributed by atoms with Gasteiger partial charge in [-0.2, -0.15) is 0 Å². The Hall–Kier alpha value is -2.88. The van der Waals surface area contributed by atoms with Gasteiger partial charge in [0.2, 0.25) is 0 Å². The zero-order valence-corrected chi connectivity index (χ0v) is 19.1. The highest BCUT2D eigenvalue weighted by molar-refractivity contribution is 7.91. The first kappa shape index (κ1) is 22.3. The maximum absolute atomic E-state index is 12.6. The van der Waals surface area contributed by atoms with Crippen molar-refractivity contribution in [2.75, 3.05) is 40.1 Å². The summed E-state index contributed by atoms with van der Waals surface area (Å²) in [5.41, 5.74) is 1.57. The molecule has 2 aromatic heterocycles. The summed E-state index contributed by atoms with van der Waals surface area (Å²) >= 11 is 12.2. The molecule has 1 aliphatic rings. The van der Waals surface area contributed by atoms with Crippen LogP contribution < -0.4 is 15.5 Å². The molecule has 1 aromatic carbocycles. The van der Waals surface area contributed by atoms with Gasteiger partial charge in [0.05, 0.1) is 27.1 Å². The standard InChI is InChI=1S/C21H19Cl2N5O3S/c22-16-2-1-3-17(23)20(16)21(29)26-14-4-6-24-18(12-14)27-19-13-15(5-7-25-19)28-8-10-32(30,31)11-9-28/h1-7,12-13H,8-11H2,(H2,24,25,26,27,29). The summed E-state index contributed by atoms with van der Waals surface area (Å²) in [6.45, 7) is 0.881. The van der Waals surface area contributed by atoms with Crippen LogP contribution in [0.25, 0.3) is 0 Å². The molecule has 1 amide bonds. The van der Waals surface area contributed by atoms with Crippen molar-refractivity contribution in [3.05, 3.63) is 70.5 Å². The van der Waals surface area contributed by atoms with E-state index in [0.717, 1.165) is 5.69 Å². The van der Waals surface area contributed by atoms with E-state index in [1.165, 1.54) is 0 Å². The molecular weight excluding hydrogens is 473 g/mol. The normalized spacial score (nSPS) is 15.2. The molecule has 1 fully saturated rings. The van der Waals surface area contributed by atoms with Gasteiger partial charge in [0.25, 0.3) is 5.91 Å². The van der Waals surface area contributed by atoms with Crippen molar-refractivity contribution in [3.63, 3.8) is 0 Å². The maximum atomic E-state index is 12.6. The number of pyridine rings is 2. The number of carbonyl (C=O) groups is 1. The maximum Gasteiger partial charge on any atom is 0.258 e. The van der Waals surface area contributed by atoms with Crippen LogP contribution in [-0.2, 0) is 9.84 Å². The Kier molecular flexibility index (Phi) is 6.50. The second kappa shape index (κ2) is 9.32. The van der Waals surface area contributed by atoms with Gasteiger partial charge in [-0.05, 0) is 24.3 Å². The molecule has 0 bridgehead atoms. The summed E-state index contributed by atoms with van der Waals surface area (Å²) in [6, 6.07) is 11.8. The Morgan fingerprint density at radius 3 is 2.25 bits per heavy atom. The van der Waals surface area contributed by atoms with Crippen LogP contribution in [0, 0.1) is 0 Å². The number of aromatic nitrogens is 2. The number of anilines is 4. The van der Waals surface area contributed by atoms with Crippen molar-refractivity contribution in [2.45, 2.75) is 0 Å². The molecule has 0 radical (unpaired) electrons. The van der Waals surface area contributed by atoms with Gasteiger partial charge in [-0.25, -0.2) is 18.4 Å². The summed E-state index contributed by atoms with van der Waals surface area (Å²) in [4.78, 5) is 23.2. The highest BCUT2D eigenvalue weighted by Gasteiger charge is 2.22. The third-order valence-electron chi connectivity index (χ3n) is 4.92. The number of benzene rings is 1. The fraction of sp³-hybridized carbons (Fsp3) is 0.190. The summed E-state index contributed by atoms with van der Waals surface area (Å²) in [7, 11) is -2.96. The van der Waals surface area contributed by atoms with E-state index >= 15 is 0 Å². The SMILES string of the molecule is O=C(Nc1ccnc(Nc2cc(N3CCS(=O)(=O)CC3)ccn2)c1)c1c(Cl)cccc1Cl. The molecular formula is C21H19Cl2N5O3S. The van der Waals surface area contributed by atoms with E-state index in [1.54, 1.807) is 42.7 Å². The molecule has 4 rings (SSSR count). The predicted octanol–water partition coefficient (Wildman–Crippen LogP) is 4.01. The Balaban J connectivity index is 1.47. The van der Waals surface area contributed by atoms with Gasteiger partial charge in [0.1, 0.15) is 11.6 Å². The molecule has 32 heavy (non-hydrogen) atoms. The molecule has 0 unspecified atom stereocenters. The fourth-order valence-corrected chi connectivity index (χ4v) is 5.04. The van der Waals surface area contributed by atoms with Crippen LogP contribution in [0.15, 0.2) is 54.9 Å². The smallest absolute Gasteiger partial charge is 0.258 e. The predicted molar refractivity (Wildman–Crippen MR) is 127 cm³/mol. The number of hydrogen-bond acceptors (Lipinski definition) is 7. The molecule has 166 valence electrons. The van der Waals surface area contributed by atoms with Gasteiger partial charge in [-0.15, -0.1) is 0 Å². The summed E-state index contributed by atoms with van der Waals surface area (Å²) < 4.78 is 23.3. The minimum atomic E-state index is -2.96. The molecule has 3 aromatic rings. The van der Waals surface area contributed by atoms with Gasteiger partial charge < -0.3 is 15.5 Å². The van der Waals surface area contributed by atoms with Gasteiger partial charge >= 0.3 is 0 Å². The van der Waals surface area contributed by atoms with Crippen LogP contribution in [0.5, 0.6) is 0 Å². The van der Waals surface area contributed by atoms with E-state index in [1.807, 2.05) is 17.0 Å². The molecule has 0 spiro atoms. The third-order valence-corrected chi connectivity index (χ3v) is 7.16. The zero-order valence-electron chi connectivity index (χ0n) is 16.8. The molecule has 0 atom stereocenters. The molecule has 2 N–H and O–H groups in total. The van der Waals surface area contributed by atoms with E-state index < -0.39 is 15.7 Å². The van der Waals surface area contributed by atoms with Gasteiger partial charge in [-0.1, -0.05) is 29.3 Å². The van der Waals surface area contributed by atoms with Gasteiger partial charge in [0, 0.05) is 49.0 Å². The van der Waals surface area contributed by atoms with Crippen LogP contribution in [0.4, 0.5) is 23.0 Å². The van der Waals surface area contributed by atoms with Crippen LogP contribution in [-0.4, -0.2) is 48.9 Å². The lowest BCUT2D eigenvalue weighted by Gasteiger charge is -2.28. The highest BCUT2D eigenvalue weighted by atomic mass is 35.5. The van der Waals surface area contributed by atoms with E-state index in [4.69, 9.17) is 23.2 Å². The minimum Gasteiger partial charge on any atom is -0.369 e. The first-order chi connectivity index (χ1) is 15.3. The lowest BCUT2D eigenvalue weighted by atomic mass is 10.2. The van der Waals surface area contributed by atoms with Crippen molar-refractivity contribution in [1.29, 1.82) is 0 Å². The summed E-state index contributed by atoms with van der Waals surface area (Å²) in [5, 5.41) is 6.39.